The molecule has 2 rings (SSSR count). The minimum atomic E-state index is -0.655. The van der Waals surface area contributed by atoms with Crippen LogP contribution in [0, 0.1) is 0 Å². The van der Waals surface area contributed by atoms with Crippen molar-refractivity contribution in [1.82, 2.24) is 5.32 Å². The lowest BCUT2D eigenvalue weighted by molar-refractivity contribution is 0.0951. The first-order valence-electron chi connectivity index (χ1n) is 7.59. The van der Waals surface area contributed by atoms with E-state index in [2.05, 4.69) is 29.7 Å². The molecule has 0 unspecified atom stereocenters. The molecular weight excluding hydrogens is 290 g/mol. The number of primary amides is 1. The standard InChI is InChI=1S/C18H21N3O2/c1-2-13(14-7-4-3-5-8-14)12-20-17(22)15-9-6-10-16(11-15)21-18(19)23/h3-11,13H,2,12H2,1H3,(H,20,22)(H3,19,21,23)/t13-/m0/s1. The minimum absolute atomic E-state index is 0.174. The molecule has 0 radical (unpaired) electrons. The van der Waals surface area contributed by atoms with Gasteiger partial charge in [0.05, 0.1) is 0 Å². The molecule has 23 heavy (non-hydrogen) atoms. The molecule has 0 saturated carbocycles. The van der Waals surface area contributed by atoms with Gasteiger partial charge in [0, 0.05) is 23.7 Å². The highest BCUT2D eigenvalue weighted by molar-refractivity contribution is 5.96. The Hall–Kier alpha value is -2.82. The Bertz CT molecular complexity index is 671. The molecule has 0 saturated heterocycles. The molecule has 0 heterocycles. The van der Waals surface area contributed by atoms with E-state index < -0.39 is 6.03 Å². The molecule has 0 aliphatic carbocycles. The predicted octanol–water partition coefficient (Wildman–Crippen LogP) is 3.10. The van der Waals surface area contributed by atoms with Gasteiger partial charge in [-0.25, -0.2) is 4.79 Å². The van der Waals surface area contributed by atoms with Crippen molar-refractivity contribution in [3.63, 3.8) is 0 Å². The molecule has 5 heteroatoms. The average molecular weight is 311 g/mol. The van der Waals surface area contributed by atoms with E-state index in [9.17, 15) is 9.59 Å². The van der Waals surface area contributed by atoms with Crippen LogP contribution in [0.3, 0.4) is 0 Å². The first kappa shape index (κ1) is 16.5. The van der Waals surface area contributed by atoms with Gasteiger partial charge >= 0.3 is 6.03 Å². The van der Waals surface area contributed by atoms with Crippen LogP contribution in [0.4, 0.5) is 10.5 Å². The molecule has 0 spiro atoms. The van der Waals surface area contributed by atoms with Gasteiger partial charge in [0.25, 0.3) is 5.91 Å². The lowest BCUT2D eigenvalue weighted by Gasteiger charge is -2.16. The zero-order chi connectivity index (χ0) is 16.7. The first-order valence-corrected chi connectivity index (χ1v) is 7.59. The predicted molar refractivity (Wildman–Crippen MR) is 91.5 cm³/mol. The summed E-state index contributed by atoms with van der Waals surface area (Å²) in [5.41, 5.74) is 7.27. The molecule has 0 aliphatic rings. The number of carbonyl (C=O) groups is 2. The maximum Gasteiger partial charge on any atom is 0.316 e. The summed E-state index contributed by atoms with van der Waals surface area (Å²) >= 11 is 0. The van der Waals surface area contributed by atoms with E-state index in [1.165, 1.54) is 5.56 Å². The van der Waals surface area contributed by atoms with Crippen molar-refractivity contribution < 1.29 is 9.59 Å². The van der Waals surface area contributed by atoms with Gasteiger partial charge in [0.2, 0.25) is 0 Å². The highest BCUT2D eigenvalue weighted by Gasteiger charge is 2.12. The second kappa shape index (κ2) is 7.98. The van der Waals surface area contributed by atoms with Gasteiger partial charge in [-0.1, -0.05) is 43.3 Å². The molecule has 0 bridgehead atoms. The third kappa shape index (κ3) is 4.85. The molecule has 0 aromatic heterocycles. The fraction of sp³-hybridized carbons (Fsp3) is 0.222. The van der Waals surface area contributed by atoms with Crippen LogP contribution in [0.5, 0.6) is 0 Å². The zero-order valence-electron chi connectivity index (χ0n) is 13.1. The van der Waals surface area contributed by atoms with Crippen molar-refractivity contribution in [2.45, 2.75) is 19.3 Å². The van der Waals surface area contributed by atoms with E-state index in [4.69, 9.17) is 5.73 Å². The Labute approximate surface area is 135 Å². The number of nitrogens with two attached hydrogens (primary N) is 1. The van der Waals surface area contributed by atoms with Gasteiger partial charge in [-0.2, -0.15) is 0 Å². The SMILES string of the molecule is CC[C@@H](CNC(=O)c1cccc(NC(N)=O)c1)c1ccccc1. The molecule has 0 aliphatic heterocycles. The van der Waals surface area contributed by atoms with E-state index in [-0.39, 0.29) is 11.8 Å². The lowest BCUT2D eigenvalue weighted by atomic mass is 9.96. The van der Waals surface area contributed by atoms with E-state index in [0.717, 1.165) is 6.42 Å². The molecule has 2 aromatic rings. The van der Waals surface area contributed by atoms with E-state index in [1.54, 1.807) is 24.3 Å². The Kier molecular flexibility index (Phi) is 5.74. The topological polar surface area (TPSA) is 84.2 Å². The Morgan fingerprint density at radius 2 is 1.83 bits per heavy atom. The van der Waals surface area contributed by atoms with Crippen LogP contribution in [0.15, 0.2) is 54.6 Å². The maximum atomic E-state index is 12.3. The summed E-state index contributed by atoms with van der Waals surface area (Å²) in [5.74, 6) is 0.0968. The van der Waals surface area contributed by atoms with Crippen molar-refractivity contribution in [2.75, 3.05) is 11.9 Å². The summed E-state index contributed by atoms with van der Waals surface area (Å²) in [5, 5.41) is 5.41. The Morgan fingerprint density at radius 3 is 2.48 bits per heavy atom. The number of nitrogens with one attached hydrogen (secondary N) is 2. The van der Waals surface area contributed by atoms with Crippen molar-refractivity contribution in [3.05, 3.63) is 65.7 Å². The van der Waals surface area contributed by atoms with Gasteiger partial charge in [-0.3, -0.25) is 4.79 Å². The number of hydrogen-bond donors (Lipinski definition) is 3. The van der Waals surface area contributed by atoms with Crippen LogP contribution >= 0.6 is 0 Å². The van der Waals surface area contributed by atoms with Crippen molar-refractivity contribution >= 4 is 17.6 Å². The van der Waals surface area contributed by atoms with E-state index >= 15 is 0 Å². The molecule has 0 fully saturated rings. The van der Waals surface area contributed by atoms with Crippen LogP contribution < -0.4 is 16.4 Å². The van der Waals surface area contributed by atoms with Gasteiger partial charge in [-0.05, 0) is 30.2 Å². The average Bonchev–Trinajstić information content (AvgIpc) is 2.56. The number of carbonyl (C=O) groups excluding carboxylic acids is 2. The van der Waals surface area contributed by atoms with Crippen molar-refractivity contribution in [1.29, 1.82) is 0 Å². The van der Waals surface area contributed by atoms with Crippen molar-refractivity contribution in [3.8, 4) is 0 Å². The second-order valence-corrected chi connectivity index (χ2v) is 5.30. The van der Waals surface area contributed by atoms with Crippen LogP contribution in [0.25, 0.3) is 0 Å². The molecule has 3 amide bonds. The Balaban J connectivity index is 2.00. The lowest BCUT2D eigenvalue weighted by Crippen LogP contribution is -2.28. The summed E-state index contributed by atoms with van der Waals surface area (Å²) in [6.45, 7) is 2.66. The summed E-state index contributed by atoms with van der Waals surface area (Å²) in [6, 6.07) is 16.1. The quantitative estimate of drug-likeness (QED) is 0.766. The summed E-state index contributed by atoms with van der Waals surface area (Å²) in [7, 11) is 0. The van der Waals surface area contributed by atoms with Crippen LogP contribution in [0.2, 0.25) is 0 Å². The summed E-state index contributed by atoms with van der Waals surface area (Å²) in [6.07, 6.45) is 0.938. The number of benzene rings is 2. The minimum Gasteiger partial charge on any atom is -0.351 e. The smallest absolute Gasteiger partial charge is 0.316 e. The van der Waals surface area contributed by atoms with Crippen LogP contribution in [-0.2, 0) is 0 Å². The van der Waals surface area contributed by atoms with Crippen LogP contribution in [0.1, 0.15) is 35.2 Å². The highest BCUT2D eigenvalue weighted by Crippen LogP contribution is 2.18. The second-order valence-electron chi connectivity index (χ2n) is 5.30. The fourth-order valence-corrected chi connectivity index (χ4v) is 2.42. The number of amides is 3. The van der Waals surface area contributed by atoms with Gasteiger partial charge in [0.1, 0.15) is 0 Å². The third-order valence-corrected chi connectivity index (χ3v) is 3.67. The zero-order valence-corrected chi connectivity index (χ0v) is 13.1. The van der Waals surface area contributed by atoms with Gasteiger partial charge < -0.3 is 16.4 Å². The maximum absolute atomic E-state index is 12.3. The number of hydrogen-bond acceptors (Lipinski definition) is 2. The highest BCUT2D eigenvalue weighted by atomic mass is 16.2. The molecule has 1 atom stereocenters. The summed E-state index contributed by atoms with van der Waals surface area (Å²) < 4.78 is 0. The summed E-state index contributed by atoms with van der Waals surface area (Å²) in [4.78, 5) is 23.2. The monoisotopic (exact) mass is 311 g/mol. The molecule has 120 valence electrons. The first-order chi connectivity index (χ1) is 11.1. The number of anilines is 1. The molecular formula is C18H21N3O2. The Morgan fingerprint density at radius 1 is 1.09 bits per heavy atom. The number of rotatable bonds is 6. The number of urea groups is 1. The third-order valence-electron chi connectivity index (χ3n) is 3.67. The fourth-order valence-electron chi connectivity index (χ4n) is 2.42. The van der Waals surface area contributed by atoms with Crippen molar-refractivity contribution in [2.24, 2.45) is 5.73 Å². The van der Waals surface area contributed by atoms with E-state index in [1.807, 2.05) is 18.2 Å². The van der Waals surface area contributed by atoms with E-state index in [0.29, 0.717) is 17.8 Å². The van der Waals surface area contributed by atoms with Crippen LogP contribution in [-0.4, -0.2) is 18.5 Å². The van der Waals surface area contributed by atoms with Gasteiger partial charge in [0.15, 0.2) is 0 Å². The normalized spacial score (nSPS) is 11.5. The molecule has 4 N–H and O–H groups in total. The largest absolute Gasteiger partial charge is 0.351 e. The molecule has 5 nitrogen and oxygen atoms in total. The van der Waals surface area contributed by atoms with Gasteiger partial charge in [-0.15, -0.1) is 0 Å². The molecule has 2 aromatic carbocycles.